The van der Waals surface area contributed by atoms with Gasteiger partial charge in [0.1, 0.15) is 24.4 Å². The molecule has 1 heterocycles. The third-order valence-corrected chi connectivity index (χ3v) is 8.09. The van der Waals surface area contributed by atoms with Crippen LogP contribution in [0.4, 0.5) is 0 Å². The van der Waals surface area contributed by atoms with Crippen molar-refractivity contribution in [3.63, 3.8) is 0 Å². The molecular weight excluding hydrogens is 396 g/mol. The molecule has 0 amide bonds. The van der Waals surface area contributed by atoms with Crippen molar-refractivity contribution in [2.24, 2.45) is 22.7 Å². The highest BCUT2D eigenvalue weighted by atomic mass is 16.7. The number of ether oxygens (including phenoxy) is 2. The van der Waals surface area contributed by atoms with Crippen molar-refractivity contribution < 1.29 is 45.2 Å². The van der Waals surface area contributed by atoms with Gasteiger partial charge in [-0.1, -0.05) is 20.8 Å². The molecule has 2 saturated carbocycles. The lowest BCUT2D eigenvalue weighted by atomic mass is 9.44. The lowest BCUT2D eigenvalue weighted by Gasteiger charge is -2.65. The molecular formula is C21H38O9. The molecule has 3 aliphatic rings. The fourth-order valence-electron chi connectivity index (χ4n) is 6.69. The summed E-state index contributed by atoms with van der Waals surface area (Å²) in [5, 5.41) is 72.3. The summed E-state index contributed by atoms with van der Waals surface area (Å²) in [5.41, 5.74) is -2.48. The molecule has 0 aromatic heterocycles. The standard InChI is InChI=1S/C21H38O9/c1-19(2)6-5-13(30-18-16(27)15(26)14(25)11(8-22)29-18)21(4)12(9-23)20(3,28)7-10(24)17(19)21/h10-18,22-28H,5-9H2,1-4H3/t10-,11-,12+,13+,14-,15+,16-,17-,18+,20-,21+/m1/s1. The van der Waals surface area contributed by atoms with Crippen molar-refractivity contribution in [1.82, 2.24) is 0 Å². The van der Waals surface area contributed by atoms with E-state index in [-0.39, 0.29) is 24.4 Å². The zero-order chi connectivity index (χ0) is 22.6. The average molecular weight is 435 g/mol. The molecule has 3 rings (SSSR count). The molecule has 3 fully saturated rings. The summed E-state index contributed by atoms with van der Waals surface area (Å²) < 4.78 is 11.7. The molecule has 0 aromatic carbocycles. The van der Waals surface area contributed by atoms with E-state index in [9.17, 15) is 35.7 Å². The first-order valence-corrected chi connectivity index (χ1v) is 10.8. The number of hydrogen-bond donors (Lipinski definition) is 7. The van der Waals surface area contributed by atoms with Crippen molar-refractivity contribution in [2.45, 2.75) is 95.5 Å². The van der Waals surface area contributed by atoms with Gasteiger partial charge in [-0.3, -0.25) is 0 Å². The Balaban J connectivity index is 1.96. The molecule has 0 radical (unpaired) electrons. The number of fused-ring (bicyclic) bond motifs is 1. The van der Waals surface area contributed by atoms with Gasteiger partial charge in [-0.2, -0.15) is 0 Å². The van der Waals surface area contributed by atoms with E-state index in [0.29, 0.717) is 12.8 Å². The van der Waals surface area contributed by atoms with Gasteiger partial charge in [-0.05, 0) is 31.1 Å². The highest BCUT2D eigenvalue weighted by Gasteiger charge is 2.65. The fourth-order valence-corrected chi connectivity index (χ4v) is 6.69. The molecule has 2 aliphatic carbocycles. The summed E-state index contributed by atoms with van der Waals surface area (Å²) in [6.07, 6.45) is -7.06. The molecule has 9 heteroatoms. The topological polar surface area (TPSA) is 160 Å². The number of aliphatic hydroxyl groups is 7. The smallest absolute Gasteiger partial charge is 0.186 e. The molecule has 7 N–H and O–H groups in total. The maximum absolute atomic E-state index is 11.0. The van der Waals surface area contributed by atoms with E-state index in [0.717, 1.165) is 0 Å². The van der Waals surface area contributed by atoms with Gasteiger partial charge in [-0.25, -0.2) is 0 Å². The molecule has 11 atom stereocenters. The van der Waals surface area contributed by atoms with Crippen molar-refractivity contribution in [2.75, 3.05) is 13.2 Å². The minimum Gasteiger partial charge on any atom is -0.396 e. The predicted molar refractivity (Wildman–Crippen MR) is 105 cm³/mol. The zero-order valence-corrected chi connectivity index (χ0v) is 18.2. The molecule has 1 saturated heterocycles. The Bertz CT molecular complexity index is 607. The van der Waals surface area contributed by atoms with Crippen molar-refractivity contribution in [1.29, 1.82) is 0 Å². The van der Waals surface area contributed by atoms with Crippen LogP contribution in [0.3, 0.4) is 0 Å². The fraction of sp³-hybridized carbons (Fsp3) is 1.00. The van der Waals surface area contributed by atoms with Crippen molar-refractivity contribution in [3.05, 3.63) is 0 Å². The van der Waals surface area contributed by atoms with Crippen LogP contribution >= 0.6 is 0 Å². The van der Waals surface area contributed by atoms with Crippen LogP contribution < -0.4 is 0 Å². The van der Waals surface area contributed by atoms with Crippen LogP contribution in [-0.4, -0.2) is 97.5 Å². The Morgan fingerprint density at radius 3 is 2.13 bits per heavy atom. The summed E-state index contributed by atoms with van der Waals surface area (Å²) in [5.74, 6) is -0.904. The first-order chi connectivity index (χ1) is 13.8. The molecule has 9 nitrogen and oxygen atoms in total. The Morgan fingerprint density at radius 2 is 1.57 bits per heavy atom. The van der Waals surface area contributed by atoms with Gasteiger partial charge in [0.2, 0.25) is 0 Å². The van der Waals surface area contributed by atoms with E-state index in [1.54, 1.807) is 6.92 Å². The maximum Gasteiger partial charge on any atom is 0.186 e. The lowest BCUT2D eigenvalue weighted by Crippen LogP contribution is -2.69. The summed E-state index contributed by atoms with van der Waals surface area (Å²) in [4.78, 5) is 0. The van der Waals surface area contributed by atoms with Gasteiger partial charge in [-0.15, -0.1) is 0 Å². The number of hydrogen-bond acceptors (Lipinski definition) is 9. The summed E-state index contributed by atoms with van der Waals surface area (Å²) in [7, 11) is 0. The van der Waals surface area contributed by atoms with Crippen LogP contribution in [0.25, 0.3) is 0 Å². The number of rotatable bonds is 4. The van der Waals surface area contributed by atoms with Crippen molar-refractivity contribution in [3.8, 4) is 0 Å². The van der Waals surface area contributed by atoms with Gasteiger partial charge in [0.05, 0.1) is 24.4 Å². The van der Waals surface area contributed by atoms with Gasteiger partial charge in [0.15, 0.2) is 6.29 Å². The van der Waals surface area contributed by atoms with Gasteiger partial charge < -0.3 is 45.2 Å². The van der Waals surface area contributed by atoms with Crippen LogP contribution in [0.5, 0.6) is 0 Å². The summed E-state index contributed by atoms with van der Waals surface area (Å²) in [6.45, 7) is 6.72. The molecule has 176 valence electrons. The Kier molecular flexibility index (Phi) is 6.64. The zero-order valence-electron chi connectivity index (χ0n) is 18.2. The van der Waals surface area contributed by atoms with Crippen LogP contribution in [0.15, 0.2) is 0 Å². The Morgan fingerprint density at radius 1 is 0.933 bits per heavy atom. The van der Waals surface area contributed by atoms with Gasteiger partial charge in [0, 0.05) is 24.4 Å². The first-order valence-electron chi connectivity index (χ1n) is 10.8. The lowest BCUT2D eigenvalue weighted by molar-refractivity contribution is -0.343. The largest absolute Gasteiger partial charge is 0.396 e. The van der Waals surface area contributed by atoms with Gasteiger partial charge in [0.25, 0.3) is 0 Å². The Hall–Kier alpha value is -0.360. The quantitative estimate of drug-likeness (QED) is 0.286. The van der Waals surface area contributed by atoms with Crippen LogP contribution in [0, 0.1) is 22.7 Å². The molecule has 1 aliphatic heterocycles. The molecule has 0 unspecified atom stereocenters. The second kappa shape index (κ2) is 8.20. The molecule has 0 spiro atoms. The third kappa shape index (κ3) is 3.72. The maximum atomic E-state index is 11.0. The van der Waals surface area contributed by atoms with E-state index >= 15 is 0 Å². The molecule has 0 aromatic rings. The highest BCUT2D eigenvalue weighted by molar-refractivity contribution is 5.14. The third-order valence-electron chi connectivity index (χ3n) is 8.09. The highest BCUT2D eigenvalue weighted by Crippen LogP contribution is 2.62. The average Bonchev–Trinajstić information content (AvgIpc) is 2.62. The minimum absolute atomic E-state index is 0.134. The predicted octanol–water partition coefficient (Wildman–Crippen LogP) is -1.26. The summed E-state index contributed by atoms with van der Waals surface area (Å²) >= 11 is 0. The molecule has 30 heavy (non-hydrogen) atoms. The number of aliphatic hydroxyl groups excluding tert-OH is 6. The molecule has 0 bridgehead atoms. The van der Waals surface area contributed by atoms with E-state index < -0.39 is 66.5 Å². The van der Waals surface area contributed by atoms with Crippen LogP contribution in [0.2, 0.25) is 0 Å². The SMILES string of the molecule is CC1(C)CC[C@H](O[C@@H]2O[C@H](CO)[C@@H](O)[C@H](O)[C@H]2O)[C@@]2(C)[C@@H]1[C@H](O)C[C@@](C)(O)[C@@H]2CO. The van der Waals surface area contributed by atoms with E-state index in [1.807, 2.05) is 6.92 Å². The second-order valence-corrected chi connectivity index (χ2v) is 10.6. The minimum atomic E-state index is -1.56. The first kappa shape index (κ1) is 24.3. The Labute approximate surface area is 177 Å². The summed E-state index contributed by atoms with van der Waals surface area (Å²) in [6, 6.07) is 0. The van der Waals surface area contributed by atoms with E-state index in [1.165, 1.54) is 0 Å². The monoisotopic (exact) mass is 434 g/mol. The second-order valence-electron chi connectivity index (χ2n) is 10.6. The van der Waals surface area contributed by atoms with Gasteiger partial charge >= 0.3 is 0 Å². The van der Waals surface area contributed by atoms with Crippen LogP contribution in [0.1, 0.15) is 47.0 Å². The normalized spacial score (nSPS) is 53.9. The van der Waals surface area contributed by atoms with Crippen LogP contribution in [-0.2, 0) is 9.47 Å². The van der Waals surface area contributed by atoms with Crippen molar-refractivity contribution >= 4 is 0 Å². The van der Waals surface area contributed by atoms with E-state index in [4.69, 9.17) is 9.47 Å². The van der Waals surface area contributed by atoms with E-state index in [2.05, 4.69) is 13.8 Å².